The molecule has 0 spiro atoms. The van der Waals surface area contributed by atoms with E-state index in [4.69, 9.17) is 21.1 Å². The molecule has 0 saturated heterocycles. The number of rotatable bonds is 25. The summed E-state index contributed by atoms with van der Waals surface area (Å²) >= 11 is 0. The number of ether oxygens (including phenoxy) is 2. The van der Waals surface area contributed by atoms with Crippen molar-refractivity contribution in [1.82, 2.24) is 10.6 Å². The predicted octanol–water partition coefficient (Wildman–Crippen LogP) is 2.60. The third-order valence-electron chi connectivity index (χ3n) is 9.25. The van der Waals surface area contributed by atoms with Gasteiger partial charge in [0.05, 0.1) is 58.6 Å². The van der Waals surface area contributed by atoms with Crippen LogP contribution in [0.3, 0.4) is 0 Å². The first kappa shape index (κ1) is 57.2. The highest BCUT2D eigenvalue weighted by molar-refractivity contribution is 5.97. The number of anilines is 2. The van der Waals surface area contributed by atoms with Crippen LogP contribution in [0.5, 0.6) is 0 Å². The van der Waals surface area contributed by atoms with Crippen molar-refractivity contribution in [1.29, 1.82) is 0 Å². The number of carboxylic acid groups (broad SMARTS) is 1. The fraction of sp³-hybridized carbons (Fsp3) is 0.545. The number of carbonyl (C=O) groups excluding carboxylic acids is 7. The van der Waals surface area contributed by atoms with Crippen molar-refractivity contribution in [2.75, 3.05) is 25.3 Å². The highest BCUT2D eigenvalue weighted by atomic mass is 16.5. The number of methoxy groups -OCH3 is 2. The summed E-state index contributed by atoms with van der Waals surface area (Å²) in [6.07, 6.45) is 2.83. The zero-order valence-corrected chi connectivity index (χ0v) is 37.1. The van der Waals surface area contributed by atoms with Crippen LogP contribution in [0.1, 0.15) is 114 Å². The second-order valence-corrected chi connectivity index (χ2v) is 14.9. The van der Waals surface area contributed by atoms with Crippen LogP contribution < -0.4 is 21.7 Å². The van der Waals surface area contributed by atoms with Gasteiger partial charge in [0.15, 0.2) is 11.6 Å². The number of amides is 3. The number of aliphatic hydroxyl groups is 4. The molecule has 2 aromatic rings. The van der Waals surface area contributed by atoms with Crippen LogP contribution in [0.2, 0.25) is 0 Å². The van der Waals surface area contributed by atoms with E-state index in [1.165, 1.54) is 28.1 Å². The highest BCUT2D eigenvalue weighted by Crippen LogP contribution is 2.18. The summed E-state index contributed by atoms with van der Waals surface area (Å²) in [5.74, 6) is -4.63. The first-order valence-electron chi connectivity index (χ1n) is 20.5. The lowest BCUT2D eigenvalue weighted by Crippen LogP contribution is -2.39. The lowest BCUT2D eigenvalue weighted by atomic mass is 9.99. The van der Waals surface area contributed by atoms with Crippen molar-refractivity contribution >= 4 is 58.6 Å². The van der Waals surface area contributed by atoms with Gasteiger partial charge in [0.25, 0.3) is 0 Å². The first-order valence-corrected chi connectivity index (χ1v) is 20.5. The summed E-state index contributed by atoms with van der Waals surface area (Å²) < 4.78 is 9.01. The van der Waals surface area contributed by atoms with E-state index in [2.05, 4.69) is 25.4 Å². The van der Waals surface area contributed by atoms with E-state index in [1.54, 1.807) is 50.2 Å². The number of nitrogens with one attached hydrogen (secondary N) is 3. The van der Waals surface area contributed by atoms with Crippen molar-refractivity contribution in [3.8, 4) is 0 Å². The zero-order chi connectivity index (χ0) is 48.1. The van der Waals surface area contributed by atoms with Gasteiger partial charge in [0, 0.05) is 55.8 Å². The Morgan fingerprint density at radius 1 is 0.556 bits per heavy atom. The fourth-order valence-corrected chi connectivity index (χ4v) is 5.50. The standard InChI is InChI=1S/C22H32N2O7.C14H23NO6.C8H11NO2/c1-14(22(30)24-18-10-16(12-25)9-17(11-18)13-26)8-19(27)15(2)23-20(28)6-4-5-7-21(29)31-3;1-9(14(19)20)8-11(16)10(2)15-12(17)6-4-5-7-13(18)21-3;9-8-2-6(4-10)1-7(3-8)5-11/h9-11,14-15,25-26H,4-8,12-13H2,1-3H3,(H,23,28)(H,24,30);9-10H,4-8H2,1-3H3,(H,15,17)(H,19,20);1-3,10-11H,4-5,9H2/t14-,15-;9-,10-;/m00./s1. The number of aliphatic hydroxyl groups excluding tert-OH is 4. The van der Waals surface area contributed by atoms with E-state index in [0.29, 0.717) is 48.2 Å². The number of Topliss-reactive ketones (excluding diaryl/α,β-unsaturated/α-hetero) is 2. The molecular formula is C44H66N4O15. The molecule has 0 aliphatic heterocycles. The summed E-state index contributed by atoms with van der Waals surface area (Å²) in [5.41, 5.74) is 9.04. The van der Waals surface area contributed by atoms with Crippen LogP contribution in [0.15, 0.2) is 36.4 Å². The molecule has 352 valence electrons. The third kappa shape index (κ3) is 25.7. The smallest absolute Gasteiger partial charge is 0.306 e. The Balaban J connectivity index is 0.00000103. The van der Waals surface area contributed by atoms with Crippen LogP contribution in [0.4, 0.5) is 11.4 Å². The van der Waals surface area contributed by atoms with E-state index in [9.17, 15) is 48.6 Å². The number of carbonyl (C=O) groups is 8. The molecule has 63 heavy (non-hydrogen) atoms. The highest BCUT2D eigenvalue weighted by Gasteiger charge is 2.23. The number of unbranched alkanes of at least 4 members (excludes halogenated alkanes) is 2. The van der Waals surface area contributed by atoms with Crippen LogP contribution in [-0.2, 0) is 74.3 Å². The normalized spacial score (nSPS) is 12.3. The minimum Gasteiger partial charge on any atom is -0.481 e. The maximum absolute atomic E-state index is 12.4. The van der Waals surface area contributed by atoms with Gasteiger partial charge >= 0.3 is 17.9 Å². The number of hydrogen-bond acceptors (Lipinski definition) is 15. The second-order valence-electron chi connectivity index (χ2n) is 14.9. The van der Waals surface area contributed by atoms with Crippen LogP contribution in [-0.4, -0.2) is 99.0 Å². The number of ketones is 2. The Hall–Kier alpha value is -5.76. The van der Waals surface area contributed by atoms with Crippen molar-refractivity contribution in [3.05, 3.63) is 58.7 Å². The molecule has 0 radical (unpaired) electrons. The van der Waals surface area contributed by atoms with Crippen molar-refractivity contribution in [2.24, 2.45) is 11.8 Å². The topological polar surface area (TPSA) is 318 Å². The molecule has 4 atom stereocenters. The number of carboxylic acids is 1. The molecule has 0 aromatic heterocycles. The van der Waals surface area contributed by atoms with Gasteiger partial charge in [-0.3, -0.25) is 38.4 Å². The molecule has 19 heteroatoms. The number of nitrogen functional groups attached to an aromatic ring is 1. The quantitative estimate of drug-likeness (QED) is 0.0393. The van der Waals surface area contributed by atoms with E-state index in [0.717, 1.165) is 11.1 Å². The molecule has 0 saturated carbocycles. The van der Waals surface area contributed by atoms with Crippen LogP contribution in [0, 0.1) is 11.8 Å². The fourth-order valence-electron chi connectivity index (χ4n) is 5.50. The summed E-state index contributed by atoms with van der Waals surface area (Å²) in [6, 6.07) is 8.45. The van der Waals surface area contributed by atoms with Crippen molar-refractivity contribution in [3.63, 3.8) is 0 Å². The maximum Gasteiger partial charge on any atom is 0.306 e. The average molecular weight is 891 g/mol. The summed E-state index contributed by atoms with van der Waals surface area (Å²) in [7, 11) is 2.61. The minimum atomic E-state index is -1.04. The zero-order valence-electron chi connectivity index (χ0n) is 37.1. The lowest BCUT2D eigenvalue weighted by molar-refractivity contribution is -0.143. The van der Waals surface area contributed by atoms with Gasteiger partial charge in [-0.1, -0.05) is 26.0 Å². The SMILES string of the molecule is COC(=O)CCCCC(=O)N[C@@H](C)C(=O)C[C@H](C)C(=O)Nc1cc(CO)cc(CO)c1.COC(=O)CCCCC(=O)N[C@@H](C)C(=O)C[C@H](C)C(=O)O.Nc1cc(CO)cc(CO)c1. The Labute approximate surface area is 368 Å². The minimum absolute atomic E-state index is 0.0436. The van der Waals surface area contributed by atoms with Gasteiger partial charge in [-0.05, 0) is 86.1 Å². The molecule has 2 aromatic carbocycles. The van der Waals surface area contributed by atoms with Gasteiger partial charge in [0.1, 0.15) is 0 Å². The number of esters is 2. The summed E-state index contributed by atoms with van der Waals surface area (Å²) in [5, 5.41) is 52.6. The lowest BCUT2D eigenvalue weighted by Gasteiger charge is -2.17. The molecule has 0 bridgehead atoms. The van der Waals surface area contributed by atoms with Crippen molar-refractivity contribution < 1.29 is 73.4 Å². The molecule has 19 nitrogen and oxygen atoms in total. The Morgan fingerprint density at radius 3 is 1.25 bits per heavy atom. The monoisotopic (exact) mass is 890 g/mol. The molecule has 0 unspecified atom stereocenters. The Kier molecular flexibility index (Phi) is 29.1. The summed E-state index contributed by atoms with van der Waals surface area (Å²) in [4.78, 5) is 92.6. The van der Waals surface area contributed by atoms with Gasteiger partial charge in [-0.15, -0.1) is 0 Å². The molecule has 0 aliphatic rings. The number of hydrogen-bond donors (Lipinski definition) is 9. The molecule has 10 N–H and O–H groups in total. The van der Waals surface area contributed by atoms with E-state index in [1.807, 2.05) is 0 Å². The largest absolute Gasteiger partial charge is 0.481 e. The van der Waals surface area contributed by atoms with E-state index < -0.39 is 29.9 Å². The van der Waals surface area contributed by atoms with E-state index >= 15 is 0 Å². The maximum atomic E-state index is 12.4. The van der Waals surface area contributed by atoms with Gasteiger partial charge < -0.3 is 56.7 Å². The number of benzene rings is 2. The Morgan fingerprint density at radius 2 is 0.905 bits per heavy atom. The number of aliphatic carboxylic acids is 1. The number of nitrogens with two attached hydrogens (primary N) is 1. The van der Waals surface area contributed by atoms with Gasteiger partial charge in [0.2, 0.25) is 17.7 Å². The Bertz CT molecular complexity index is 1760. The molecule has 0 heterocycles. The van der Waals surface area contributed by atoms with Crippen LogP contribution in [0.25, 0.3) is 0 Å². The summed E-state index contributed by atoms with van der Waals surface area (Å²) in [6.45, 7) is 5.60. The van der Waals surface area contributed by atoms with Crippen LogP contribution >= 0.6 is 0 Å². The third-order valence-corrected chi connectivity index (χ3v) is 9.25. The van der Waals surface area contributed by atoms with Gasteiger partial charge in [-0.25, -0.2) is 0 Å². The molecule has 0 aliphatic carbocycles. The second kappa shape index (κ2) is 32.0. The first-order chi connectivity index (χ1) is 29.7. The molecule has 2 rings (SSSR count). The van der Waals surface area contributed by atoms with Gasteiger partial charge in [-0.2, -0.15) is 0 Å². The average Bonchev–Trinajstić information content (AvgIpc) is 3.25. The van der Waals surface area contributed by atoms with E-state index in [-0.39, 0.29) is 106 Å². The molecular weight excluding hydrogens is 824 g/mol. The predicted molar refractivity (Wildman–Crippen MR) is 231 cm³/mol. The molecule has 3 amide bonds. The molecule has 0 fully saturated rings. The van der Waals surface area contributed by atoms with Crippen molar-refractivity contribution in [2.45, 2.75) is 130 Å².